The Hall–Kier alpha value is -1.22. The second kappa shape index (κ2) is 5.19. The Morgan fingerprint density at radius 1 is 1.50 bits per heavy atom. The molecule has 1 N–H and O–H groups in total. The van der Waals surface area contributed by atoms with Crippen molar-refractivity contribution in [2.24, 2.45) is 0 Å². The Kier molecular flexibility index (Phi) is 3.81. The summed E-state index contributed by atoms with van der Waals surface area (Å²) in [5, 5.41) is 3.04. The van der Waals surface area contributed by atoms with Crippen molar-refractivity contribution in [3.63, 3.8) is 0 Å². The molecule has 1 amide bonds. The molecule has 0 bridgehead atoms. The molecule has 1 aromatic rings. The molecule has 1 saturated carbocycles. The van der Waals surface area contributed by atoms with Crippen molar-refractivity contribution in [2.75, 3.05) is 13.0 Å². The molecule has 1 aliphatic carbocycles. The fraction of sp³-hybridized carbons (Fsp3) is 0.500. The fourth-order valence-electron chi connectivity index (χ4n) is 2.17. The highest BCUT2D eigenvalue weighted by atomic mass is 35.5. The standard InChI is InChI=1S/C14H18ClNO2/c1-10-4-5-11(8-12(10)18-2)13(17)16-14(9-15)6-3-7-14/h4-5,8H,3,6-7,9H2,1-2H3,(H,16,17). The zero-order chi connectivity index (χ0) is 13.2. The Bertz CT molecular complexity index is 450. The fourth-order valence-corrected chi connectivity index (χ4v) is 2.50. The van der Waals surface area contributed by atoms with Crippen LogP contribution in [0.1, 0.15) is 35.2 Å². The van der Waals surface area contributed by atoms with Gasteiger partial charge >= 0.3 is 0 Å². The van der Waals surface area contributed by atoms with E-state index >= 15 is 0 Å². The number of benzene rings is 1. The van der Waals surface area contributed by atoms with Gasteiger partial charge in [-0.05, 0) is 43.9 Å². The van der Waals surface area contributed by atoms with Gasteiger partial charge in [-0.15, -0.1) is 11.6 Å². The first-order chi connectivity index (χ1) is 8.60. The first-order valence-electron chi connectivity index (χ1n) is 6.13. The van der Waals surface area contributed by atoms with Gasteiger partial charge in [0.1, 0.15) is 5.75 Å². The molecular formula is C14H18ClNO2. The molecule has 98 valence electrons. The van der Waals surface area contributed by atoms with Crippen LogP contribution < -0.4 is 10.1 Å². The molecular weight excluding hydrogens is 250 g/mol. The first kappa shape index (κ1) is 13.2. The number of hydrogen-bond acceptors (Lipinski definition) is 2. The van der Waals surface area contributed by atoms with Crippen molar-refractivity contribution in [3.8, 4) is 5.75 Å². The molecule has 1 fully saturated rings. The monoisotopic (exact) mass is 267 g/mol. The molecule has 0 saturated heterocycles. The average molecular weight is 268 g/mol. The van der Waals surface area contributed by atoms with E-state index in [0.717, 1.165) is 30.6 Å². The quantitative estimate of drug-likeness (QED) is 0.852. The van der Waals surface area contributed by atoms with Gasteiger partial charge in [-0.1, -0.05) is 6.07 Å². The SMILES string of the molecule is COc1cc(C(=O)NC2(CCl)CCC2)ccc1C. The maximum atomic E-state index is 12.2. The third kappa shape index (κ3) is 2.46. The van der Waals surface area contributed by atoms with Gasteiger partial charge in [0.15, 0.2) is 0 Å². The molecule has 0 aliphatic heterocycles. The predicted octanol–water partition coefficient (Wildman–Crippen LogP) is 2.89. The number of hydrogen-bond donors (Lipinski definition) is 1. The van der Waals surface area contributed by atoms with E-state index in [1.807, 2.05) is 19.1 Å². The van der Waals surface area contributed by atoms with Gasteiger partial charge in [0.25, 0.3) is 5.91 Å². The van der Waals surface area contributed by atoms with Crippen molar-refractivity contribution in [3.05, 3.63) is 29.3 Å². The summed E-state index contributed by atoms with van der Waals surface area (Å²) in [5.41, 5.74) is 1.44. The summed E-state index contributed by atoms with van der Waals surface area (Å²) in [4.78, 5) is 12.2. The minimum absolute atomic E-state index is 0.0753. The molecule has 0 radical (unpaired) electrons. The highest BCUT2D eigenvalue weighted by Gasteiger charge is 2.37. The van der Waals surface area contributed by atoms with Gasteiger partial charge in [-0.25, -0.2) is 0 Å². The smallest absolute Gasteiger partial charge is 0.251 e. The molecule has 1 aliphatic rings. The van der Waals surface area contributed by atoms with Crippen LogP contribution >= 0.6 is 11.6 Å². The normalized spacial score (nSPS) is 16.8. The number of carbonyl (C=O) groups excluding carboxylic acids is 1. The van der Waals surface area contributed by atoms with Crippen molar-refractivity contribution in [2.45, 2.75) is 31.7 Å². The number of alkyl halides is 1. The number of aryl methyl sites for hydroxylation is 1. The second-order valence-electron chi connectivity index (χ2n) is 4.91. The molecule has 0 aromatic heterocycles. The lowest BCUT2D eigenvalue weighted by atomic mass is 9.78. The van der Waals surface area contributed by atoms with Crippen LogP contribution in [-0.2, 0) is 0 Å². The maximum absolute atomic E-state index is 12.2. The number of carbonyl (C=O) groups is 1. The van der Waals surface area contributed by atoms with E-state index in [1.54, 1.807) is 13.2 Å². The highest BCUT2D eigenvalue weighted by Crippen LogP contribution is 2.33. The third-order valence-corrected chi connectivity index (χ3v) is 4.13. The molecule has 2 rings (SSSR count). The molecule has 3 nitrogen and oxygen atoms in total. The number of amides is 1. The minimum Gasteiger partial charge on any atom is -0.496 e. The van der Waals surface area contributed by atoms with Crippen LogP contribution in [0.2, 0.25) is 0 Å². The van der Waals surface area contributed by atoms with E-state index in [0.29, 0.717) is 11.4 Å². The number of halogens is 1. The summed E-state index contributed by atoms with van der Waals surface area (Å²) in [7, 11) is 1.61. The zero-order valence-electron chi connectivity index (χ0n) is 10.8. The molecule has 18 heavy (non-hydrogen) atoms. The number of methoxy groups -OCH3 is 1. The number of ether oxygens (including phenoxy) is 1. The van der Waals surface area contributed by atoms with E-state index in [-0.39, 0.29) is 11.4 Å². The van der Waals surface area contributed by atoms with Crippen molar-refractivity contribution in [1.29, 1.82) is 0 Å². The predicted molar refractivity (Wildman–Crippen MR) is 72.5 cm³/mol. The van der Waals surface area contributed by atoms with E-state index in [4.69, 9.17) is 16.3 Å². The molecule has 0 spiro atoms. The first-order valence-corrected chi connectivity index (χ1v) is 6.67. The Balaban J connectivity index is 2.13. The third-order valence-electron chi connectivity index (χ3n) is 3.62. The molecule has 0 unspecified atom stereocenters. The summed E-state index contributed by atoms with van der Waals surface area (Å²) in [6, 6.07) is 5.47. The van der Waals surface area contributed by atoms with Gasteiger partial charge in [0.05, 0.1) is 12.6 Å². The Labute approximate surface area is 112 Å². The van der Waals surface area contributed by atoms with Crippen LogP contribution in [0.5, 0.6) is 5.75 Å². The lowest BCUT2D eigenvalue weighted by molar-refractivity contribution is 0.0853. The zero-order valence-corrected chi connectivity index (χ0v) is 11.5. The molecule has 0 atom stereocenters. The van der Waals surface area contributed by atoms with Gasteiger partial charge in [-0.2, -0.15) is 0 Å². The van der Waals surface area contributed by atoms with Crippen molar-refractivity contribution < 1.29 is 9.53 Å². The minimum atomic E-state index is -0.198. The summed E-state index contributed by atoms with van der Waals surface area (Å²) in [6.45, 7) is 1.95. The largest absolute Gasteiger partial charge is 0.496 e. The topological polar surface area (TPSA) is 38.3 Å². The molecule has 0 heterocycles. The molecule has 4 heteroatoms. The summed E-state index contributed by atoms with van der Waals surface area (Å²) >= 11 is 5.94. The highest BCUT2D eigenvalue weighted by molar-refractivity contribution is 6.19. The van der Waals surface area contributed by atoms with E-state index < -0.39 is 0 Å². The van der Waals surface area contributed by atoms with Gasteiger partial charge in [0, 0.05) is 11.4 Å². The Morgan fingerprint density at radius 3 is 2.72 bits per heavy atom. The van der Waals surface area contributed by atoms with Gasteiger partial charge in [0.2, 0.25) is 0 Å². The van der Waals surface area contributed by atoms with Crippen LogP contribution in [-0.4, -0.2) is 24.4 Å². The van der Waals surface area contributed by atoms with Crippen molar-refractivity contribution >= 4 is 17.5 Å². The summed E-state index contributed by atoms with van der Waals surface area (Å²) < 4.78 is 5.23. The molecule has 1 aromatic carbocycles. The lowest BCUT2D eigenvalue weighted by Crippen LogP contribution is -2.55. The second-order valence-corrected chi connectivity index (χ2v) is 5.17. The Morgan fingerprint density at radius 2 is 2.22 bits per heavy atom. The van der Waals surface area contributed by atoms with E-state index in [1.165, 1.54) is 0 Å². The van der Waals surface area contributed by atoms with E-state index in [2.05, 4.69) is 5.32 Å². The number of rotatable bonds is 4. The van der Waals surface area contributed by atoms with Crippen LogP contribution in [0.4, 0.5) is 0 Å². The maximum Gasteiger partial charge on any atom is 0.251 e. The van der Waals surface area contributed by atoms with Gasteiger partial charge in [-0.3, -0.25) is 4.79 Å². The summed E-state index contributed by atoms with van der Waals surface area (Å²) in [5.74, 6) is 1.13. The summed E-state index contributed by atoms with van der Waals surface area (Å²) in [6.07, 6.45) is 3.06. The average Bonchev–Trinajstić information content (AvgIpc) is 2.34. The van der Waals surface area contributed by atoms with Gasteiger partial charge < -0.3 is 10.1 Å². The van der Waals surface area contributed by atoms with Crippen molar-refractivity contribution in [1.82, 2.24) is 5.32 Å². The number of nitrogens with one attached hydrogen (secondary N) is 1. The van der Waals surface area contributed by atoms with E-state index in [9.17, 15) is 4.79 Å². The van der Waals surface area contributed by atoms with Crippen LogP contribution in [0.15, 0.2) is 18.2 Å². The lowest BCUT2D eigenvalue weighted by Gasteiger charge is -2.41. The van der Waals surface area contributed by atoms with Crippen LogP contribution in [0, 0.1) is 6.92 Å². The van der Waals surface area contributed by atoms with Crippen LogP contribution in [0.25, 0.3) is 0 Å². The van der Waals surface area contributed by atoms with Crippen LogP contribution in [0.3, 0.4) is 0 Å².